The van der Waals surface area contributed by atoms with Crippen LogP contribution in [-0.2, 0) is 11.2 Å². The zero-order chi connectivity index (χ0) is 19.0. The lowest BCUT2D eigenvalue weighted by Gasteiger charge is -2.36. The largest absolute Gasteiger partial charge is 0.493 e. The van der Waals surface area contributed by atoms with Gasteiger partial charge in [0.05, 0.1) is 18.0 Å². The Hall–Kier alpha value is -2.75. The van der Waals surface area contributed by atoms with Crippen molar-refractivity contribution >= 4 is 22.5 Å². The van der Waals surface area contributed by atoms with Crippen molar-refractivity contribution in [2.75, 3.05) is 11.5 Å². The number of ether oxygens (including phenoxy) is 1. The predicted molar refractivity (Wildman–Crippen MR) is 110 cm³/mol. The number of hydrogen-bond donors (Lipinski definition) is 1. The zero-order valence-corrected chi connectivity index (χ0v) is 16.2. The Morgan fingerprint density at radius 1 is 1.26 bits per heavy atom. The van der Waals surface area contributed by atoms with Gasteiger partial charge in [-0.15, -0.1) is 0 Å². The fourth-order valence-corrected chi connectivity index (χ4v) is 4.08. The summed E-state index contributed by atoms with van der Waals surface area (Å²) in [6.45, 7) is 6.54. The highest BCUT2D eigenvalue weighted by Gasteiger charge is 2.30. The Bertz CT molecular complexity index is 956. The number of carbonyl (C=O) groups excluding carboxylic acids is 1. The number of aromatic amines is 1. The lowest BCUT2D eigenvalue weighted by Crippen LogP contribution is -2.40. The second-order valence-electron chi connectivity index (χ2n) is 7.34. The molecule has 4 heteroatoms. The first-order valence-electron chi connectivity index (χ1n) is 9.76. The third-order valence-electron chi connectivity index (χ3n) is 5.36. The molecule has 1 unspecified atom stereocenters. The monoisotopic (exact) mass is 362 g/mol. The molecule has 27 heavy (non-hydrogen) atoms. The van der Waals surface area contributed by atoms with Crippen molar-refractivity contribution < 1.29 is 9.53 Å². The number of para-hydroxylation sites is 1. The van der Waals surface area contributed by atoms with Crippen LogP contribution in [-0.4, -0.2) is 23.5 Å². The number of anilines is 1. The Balaban J connectivity index is 1.88. The molecule has 0 spiro atoms. The van der Waals surface area contributed by atoms with Crippen molar-refractivity contribution in [2.24, 2.45) is 0 Å². The molecule has 0 aliphatic carbocycles. The van der Waals surface area contributed by atoms with Gasteiger partial charge in [-0.1, -0.05) is 25.1 Å². The van der Waals surface area contributed by atoms with Crippen molar-refractivity contribution in [2.45, 2.75) is 46.1 Å². The average Bonchev–Trinajstić information content (AvgIpc) is 3.09. The van der Waals surface area contributed by atoms with Gasteiger partial charge in [0.2, 0.25) is 5.91 Å². The van der Waals surface area contributed by atoms with E-state index in [4.69, 9.17) is 4.74 Å². The second kappa shape index (κ2) is 7.10. The standard InChI is InChI=1S/C23H26N2O2/c1-4-13-27-23-18(21-14-17-7-5-6-8-20(17)24-21)11-12-22-19(23)10-9-15(2)25(22)16(3)26/h5-8,11-12,14-15,24H,4,9-10,13H2,1-3H3. The van der Waals surface area contributed by atoms with Gasteiger partial charge in [0.1, 0.15) is 5.75 Å². The molecule has 0 saturated carbocycles. The molecule has 0 radical (unpaired) electrons. The highest BCUT2D eigenvalue weighted by Crippen LogP contribution is 2.43. The number of carbonyl (C=O) groups is 1. The van der Waals surface area contributed by atoms with E-state index in [0.29, 0.717) is 6.61 Å². The number of H-pyrrole nitrogens is 1. The minimum atomic E-state index is 0.0863. The Morgan fingerprint density at radius 3 is 2.81 bits per heavy atom. The summed E-state index contributed by atoms with van der Waals surface area (Å²) in [6, 6.07) is 14.8. The highest BCUT2D eigenvalue weighted by molar-refractivity contribution is 5.95. The van der Waals surface area contributed by atoms with Gasteiger partial charge in [-0.3, -0.25) is 4.79 Å². The number of fused-ring (bicyclic) bond motifs is 2. The van der Waals surface area contributed by atoms with E-state index >= 15 is 0 Å². The predicted octanol–water partition coefficient (Wildman–Crippen LogP) is 5.31. The molecule has 140 valence electrons. The summed E-state index contributed by atoms with van der Waals surface area (Å²) in [7, 11) is 0. The van der Waals surface area contributed by atoms with Crippen LogP contribution in [0.15, 0.2) is 42.5 Å². The van der Waals surface area contributed by atoms with Crippen LogP contribution in [0.1, 0.15) is 39.2 Å². The quantitative estimate of drug-likeness (QED) is 0.683. The van der Waals surface area contributed by atoms with Gasteiger partial charge >= 0.3 is 0 Å². The van der Waals surface area contributed by atoms with E-state index in [1.165, 1.54) is 5.39 Å². The third kappa shape index (κ3) is 3.09. The summed E-state index contributed by atoms with van der Waals surface area (Å²) >= 11 is 0. The van der Waals surface area contributed by atoms with Gasteiger partial charge < -0.3 is 14.6 Å². The lowest BCUT2D eigenvalue weighted by atomic mass is 9.92. The van der Waals surface area contributed by atoms with Crippen LogP contribution in [0.25, 0.3) is 22.2 Å². The molecule has 1 aliphatic heterocycles. The fraction of sp³-hybridized carbons (Fsp3) is 0.348. The van der Waals surface area contributed by atoms with Crippen molar-refractivity contribution in [3.05, 3.63) is 48.0 Å². The molecular weight excluding hydrogens is 336 g/mol. The van der Waals surface area contributed by atoms with Crippen LogP contribution in [0.3, 0.4) is 0 Å². The number of rotatable bonds is 4. The maximum atomic E-state index is 12.2. The molecule has 1 aliphatic rings. The number of nitrogens with zero attached hydrogens (tertiary/aromatic N) is 1. The molecule has 1 amide bonds. The highest BCUT2D eigenvalue weighted by atomic mass is 16.5. The van der Waals surface area contributed by atoms with Crippen LogP contribution < -0.4 is 9.64 Å². The Morgan fingerprint density at radius 2 is 2.07 bits per heavy atom. The third-order valence-corrected chi connectivity index (χ3v) is 5.36. The normalized spacial score (nSPS) is 16.4. The van der Waals surface area contributed by atoms with Crippen molar-refractivity contribution in [3.63, 3.8) is 0 Å². The lowest BCUT2D eigenvalue weighted by molar-refractivity contribution is -0.117. The molecule has 0 saturated heterocycles. The fourth-order valence-electron chi connectivity index (χ4n) is 4.08. The smallest absolute Gasteiger partial charge is 0.224 e. The van der Waals surface area contributed by atoms with Crippen molar-refractivity contribution in [1.82, 2.24) is 4.98 Å². The van der Waals surface area contributed by atoms with Gasteiger partial charge in [0.15, 0.2) is 0 Å². The molecular formula is C23H26N2O2. The second-order valence-corrected chi connectivity index (χ2v) is 7.34. The summed E-state index contributed by atoms with van der Waals surface area (Å²) in [5.74, 6) is 1.00. The van der Waals surface area contributed by atoms with E-state index < -0.39 is 0 Å². The van der Waals surface area contributed by atoms with Gasteiger partial charge in [-0.05, 0) is 50.5 Å². The van der Waals surface area contributed by atoms with Gasteiger partial charge in [0, 0.05) is 35.0 Å². The van der Waals surface area contributed by atoms with E-state index in [2.05, 4.69) is 49.2 Å². The van der Waals surface area contributed by atoms with Gasteiger partial charge in [-0.25, -0.2) is 0 Å². The van der Waals surface area contributed by atoms with E-state index in [1.54, 1.807) is 6.92 Å². The van der Waals surface area contributed by atoms with Crippen LogP contribution in [0, 0.1) is 0 Å². The number of benzene rings is 2. The molecule has 4 rings (SSSR count). The molecule has 2 heterocycles. The zero-order valence-electron chi connectivity index (χ0n) is 16.2. The molecule has 1 N–H and O–H groups in total. The van der Waals surface area contributed by atoms with Crippen LogP contribution >= 0.6 is 0 Å². The maximum Gasteiger partial charge on any atom is 0.224 e. The minimum Gasteiger partial charge on any atom is -0.493 e. The number of hydrogen-bond acceptors (Lipinski definition) is 2. The molecule has 4 nitrogen and oxygen atoms in total. The Kier molecular flexibility index (Phi) is 4.65. The number of aromatic nitrogens is 1. The van der Waals surface area contributed by atoms with Gasteiger partial charge in [0.25, 0.3) is 0 Å². The molecule has 1 aromatic heterocycles. The van der Waals surface area contributed by atoms with E-state index in [1.807, 2.05) is 17.0 Å². The molecule has 3 aromatic rings. The Labute approximate surface area is 160 Å². The first kappa shape index (κ1) is 17.7. The van der Waals surface area contributed by atoms with Crippen molar-refractivity contribution in [3.8, 4) is 17.0 Å². The minimum absolute atomic E-state index is 0.0863. The molecule has 0 fully saturated rings. The van der Waals surface area contributed by atoms with E-state index in [-0.39, 0.29) is 11.9 Å². The molecule has 1 atom stereocenters. The summed E-state index contributed by atoms with van der Waals surface area (Å²) in [5, 5.41) is 1.19. The number of amides is 1. The molecule has 2 aromatic carbocycles. The topological polar surface area (TPSA) is 45.3 Å². The van der Waals surface area contributed by atoms with Gasteiger partial charge in [-0.2, -0.15) is 0 Å². The first-order chi connectivity index (χ1) is 13.1. The van der Waals surface area contributed by atoms with E-state index in [0.717, 1.165) is 53.0 Å². The summed E-state index contributed by atoms with van der Waals surface area (Å²) in [5.41, 5.74) is 5.38. The maximum absolute atomic E-state index is 12.2. The summed E-state index contributed by atoms with van der Waals surface area (Å²) in [6.07, 6.45) is 2.82. The average molecular weight is 362 g/mol. The summed E-state index contributed by atoms with van der Waals surface area (Å²) < 4.78 is 6.24. The van der Waals surface area contributed by atoms with Crippen LogP contribution in [0.5, 0.6) is 5.75 Å². The van der Waals surface area contributed by atoms with E-state index in [9.17, 15) is 4.79 Å². The number of nitrogens with one attached hydrogen (secondary N) is 1. The van der Waals surface area contributed by atoms with Crippen LogP contribution in [0.4, 0.5) is 5.69 Å². The summed E-state index contributed by atoms with van der Waals surface area (Å²) in [4.78, 5) is 17.7. The SMILES string of the molecule is CCCOc1c(-c2cc3ccccc3[nH]2)ccc2c1CCC(C)N2C(C)=O. The van der Waals surface area contributed by atoms with Crippen molar-refractivity contribution in [1.29, 1.82) is 0 Å². The first-order valence-corrected chi connectivity index (χ1v) is 9.76. The molecule has 0 bridgehead atoms. The van der Waals surface area contributed by atoms with Crippen LogP contribution in [0.2, 0.25) is 0 Å².